The molecule has 2 heterocycles. The van der Waals surface area contributed by atoms with E-state index < -0.39 is 0 Å². The maximum Gasteiger partial charge on any atom is 0.253 e. The minimum Gasteiger partial charge on any atom is -0.491 e. The van der Waals surface area contributed by atoms with Gasteiger partial charge in [-0.1, -0.05) is 30.3 Å². The van der Waals surface area contributed by atoms with Gasteiger partial charge in [0.1, 0.15) is 5.75 Å². The van der Waals surface area contributed by atoms with Gasteiger partial charge >= 0.3 is 0 Å². The second-order valence-corrected chi connectivity index (χ2v) is 9.23. The van der Waals surface area contributed by atoms with Crippen molar-refractivity contribution in [3.8, 4) is 5.75 Å². The number of aryl methyl sites for hydroxylation is 1. The summed E-state index contributed by atoms with van der Waals surface area (Å²) < 4.78 is 12.4. The number of carbonyl (C=O) groups is 1. The molecule has 166 valence electrons. The lowest BCUT2D eigenvalue weighted by Gasteiger charge is -2.48. The molecule has 31 heavy (non-hydrogen) atoms. The number of aliphatic hydroxyl groups excluding tert-OH is 1. The average molecular weight is 424 g/mol. The van der Waals surface area contributed by atoms with Crippen molar-refractivity contribution >= 4 is 5.91 Å². The van der Waals surface area contributed by atoms with Crippen molar-refractivity contribution in [3.05, 3.63) is 65.2 Å². The molecule has 4 rings (SSSR count). The monoisotopic (exact) mass is 423 g/mol. The van der Waals surface area contributed by atoms with Crippen LogP contribution in [0.1, 0.15) is 67.1 Å². The first-order valence-electron chi connectivity index (χ1n) is 11.3. The first kappa shape index (κ1) is 21.8. The van der Waals surface area contributed by atoms with Gasteiger partial charge in [0.25, 0.3) is 5.91 Å². The van der Waals surface area contributed by atoms with Gasteiger partial charge in [0.05, 0.1) is 23.9 Å². The lowest BCUT2D eigenvalue weighted by molar-refractivity contribution is -0.181. The van der Waals surface area contributed by atoms with E-state index in [1.165, 1.54) is 0 Å². The lowest BCUT2D eigenvalue weighted by atomic mass is 9.80. The molecule has 2 atom stereocenters. The number of amides is 1. The van der Waals surface area contributed by atoms with E-state index in [1.807, 2.05) is 62.1 Å². The molecule has 0 aliphatic carbocycles. The Labute approximate surface area is 185 Å². The van der Waals surface area contributed by atoms with Gasteiger partial charge in [-0.2, -0.15) is 0 Å². The molecule has 2 aliphatic heterocycles. The van der Waals surface area contributed by atoms with Crippen LogP contribution >= 0.6 is 0 Å². The molecule has 2 fully saturated rings. The highest BCUT2D eigenvalue weighted by Gasteiger charge is 2.44. The van der Waals surface area contributed by atoms with E-state index in [1.54, 1.807) is 0 Å². The number of nitrogens with zero attached hydrogens (tertiary/aromatic N) is 1. The van der Waals surface area contributed by atoms with Crippen LogP contribution in [0.25, 0.3) is 0 Å². The van der Waals surface area contributed by atoms with Gasteiger partial charge in [-0.3, -0.25) is 4.79 Å². The fourth-order valence-electron chi connectivity index (χ4n) is 4.82. The van der Waals surface area contributed by atoms with Crippen LogP contribution in [0.4, 0.5) is 0 Å². The van der Waals surface area contributed by atoms with Gasteiger partial charge in [0.15, 0.2) is 0 Å². The van der Waals surface area contributed by atoms with Crippen LogP contribution in [0.2, 0.25) is 0 Å². The van der Waals surface area contributed by atoms with E-state index in [0.717, 1.165) is 29.7 Å². The number of likely N-dealkylation sites (tertiary alicyclic amines) is 1. The molecule has 5 heteroatoms. The van der Waals surface area contributed by atoms with Crippen molar-refractivity contribution in [2.45, 2.75) is 70.4 Å². The zero-order chi connectivity index (χ0) is 22.0. The van der Waals surface area contributed by atoms with Crippen molar-refractivity contribution < 1.29 is 19.4 Å². The van der Waals surface area contributed by atoms with E-state index in [2.05, 4.69) is 12.1 Å². The van der Waals surface area contributed by atoms with Crippen LogP contribution in [0, 0.1) is 6.92 Å². The number of aliphatic hydroxyl groups is 1. The van der Waals surface area contributed by atoms with Crippen molar-refractivity contribution in [2.75, 3.05) is 13.1 Å². The molecule has 2 aliphatic rings. The number of rotatable bonds is 4. The fourth-order valence-corrected chi connectivity index (χ4v) is 4.82. The topological polar surface area (TPSA) is 59.0 Å². The summed E-state index contributed by atoms with van der Waals surface area (Å²) in [6.45, 7) is 7.23. The van der Waals surface area contributed by atoms with Crippen LogP contribution in [0.3, 0.4) is 0 Å². The molecular formula is C26H33NO4. The van der Waals surface area contributed by atoms with Crippen LogP contribution in [0.15, 0.2) is 48.5 Å². The van der Waals surface area contributed by atoms with Crippen molar-refractivity contribution in [2.24, 2.45) is 0 Å². The third kappa shape index (κ3) is 4.94. The van der Waals surface area contributed by atoms with Crippen molar-refractivity contribution in [1.29, 1.82) is 0 Å². The fraction of sp³-hybridized carbons (Fsp3) is 0.500. The molecular weight excluding hydrogens is 390 g/mol. The Hall–Kier alpha value is -2.37. The van der Waals surface area contributed by atoms with Crippen molar-refractivity contribution in [3.63, 3.8) is 0 Å². The number of hydrogen-bond donors (Lipinski definition) is 1. The second kappa shape index (κ2) is 9.01. The molecule has 2 aromatic rings. The normalized spacial score (nSPS) is 23.2. The quantitative estimate of drug-likeness (QED) is 0.776. The molecule has 0 aromatic heterocycles. The molecule has 1 N–H and O–H groups in total. The Balaban J connectivity index is 1.42. The van der Waals surface area contributed by atoms with Crippen LogP contribution in [0.5, 0.6) is 5.75 Å². The summed E-state index contributed by atoms with van der Waals surface area (Å²) in [5, 5.41) is 10.6. The summed E-state index contributed by atoms with van der Waals surface area (Å²) in [5.74, 6) is 0.866. The standard InChI is InChI=1S/C26H33NO4/c1-18(2)30-23-10-9-21(15-19(23)3)25(29)27-13-11-26(12-14-27)17-22(28)16-24(31-26)20-7-5-4-6-8-20/h4-10,15,18,22,24,28H,11-14,16-17H2,1-3H3/t22-,24-/m1/s1. The predicted octanol–water partition coefficient (Wildman–Crippen LogP) is 4.67. The maximum absolute atomic E-state index is 13.1. The van der Waals surface area contributed by atoms with Gasteiger partial charge in [-0.05, 0) is 62.9 Å². The molecule has 0 saturated carbocycles. The number of ether oxygens (including phenoxy) is 2. The van der Waals surface area contributed by atoms with Crippen LogP contribution < -0.4 is 4.74 Å². The molecule has 1 spiro atoms. The SMILES string of the molecule is Cc1cc(C(=O)N2CCC3(CC2)C[C@H](O)C[C@H](c2ccccc2)O3)ccc1OC(C)C. The highest BCUT2D eigenvalue weighted by molar-refractivity contribution is 5.94. The number of hydrogen-bond acceptors (Lipinski definition) is 4. The van der Waals surface area contributed by atoms with E-state index in [9.17, 15) is 9.90 Å². The van der Waals surface area contributed by atoms with E-state index in [-0.39, 0.29) is 29.8 Å². The molecule has 2 aromatic carbocycles. The van der Waals surface area contributed by atoms with Crippen molar-refractivity contribution in [1.82, 2.24) is 4.90 Å². The Morgan fingerprint density at radius 1 is 1.16 bits per heavy atom. The predicted molar refractivity (Wildman–Crippen MR) is 120 cm³/mol. The van der Waals surface area contributed by atoms with E-state index >= 15 is 0 Å². The van der Waals surface area contributed by atoms with Gasteiger partial charge in [0.2, 0.25) is 0 Å². The molecule has 0 radical (unpaired) electrons. The average Bonchev–Trinajstić information content (AvgIpc) is 2.75. The first-order chi connectivity index (χ1) is 14.8. The third-order valence-electron chi connectivity index (χ3n) is 6.40. The van der Waals surface area contributed by atoms with Crippen LogP contribution in [-0.2, 0) is 4.74 Å². The maximum atomic E-state index is 13.1. The van der Waals surface area contributed by atoms with Gasteiger partial charge in [-0.15, -0.1) is 0 Å². The summed E-state index contributed by atoms with van der Waals surface area (Å²) in [6, 6.07) is 15.8. The Morgan fingerprint density at radius 3 is 2.52 bits per heavy atom. The lowest BCUT2D eigenvalue weighted by Crippen LogP contribution is -2.52. The molecule has 5 nitrogen and oxygen atoms in total. The molecule has 0 bridgehead atoms. The summed E-state index contributed by atoms with van der Waals surface area (Å²) >= 11 is 0. The second-order valence-electron chi connectivity index (χ2n) is 9.23. The smallest absolute Gasteiger partial charge is 0.253 e. The van der Waals surface area contributed by atoms with E-state index in [4.69, 9.17) is 9.47 Å². The zero-order valence-corrected chi connectivity index (χ0v) is 18.7. The molecule has 2 saturated heterocycles. The number of carbonyl (C=O) groups excluding carboxylic acids is 1. The summed E-state index contributed by atoms with van der Waals surface area (Å²) in [5.41, 5.74) is 2.41. The number of benzene rings is 2. The van der Waals surface area contributed by atoms with Crippen LogP contribution in [-0.4, -0.2) is 46.8 Å². The highest BCUT2D eigenvalue weighted by Crippen LogP contribution is 2.43. The Morgan fingerprint density at radius 2 is 1.87 bits per heavy atom. The first-order valence-corrected chi connectivity index (χ1v) is 11.3. The third-order valence-corrected chi connectivity index (χ3v) is 6.40. The Bertz CT molecular complexity index is 903. The summed E-state index contributed by atoms with van der Waals surface area (Å²) in [4.78, 5) is 15.0. The minimum absolute atomic E-state index is 0.0463. The van der Waals surface area contributed by atoms with Gasteiger partial charge in [-0.25, -0.2) is 0 Å². The molecule has 0 unspecified atom stereocenters. The summed E-state index contributed by atoms with van der Waals surface area (Å²) in [7, 11) is 0. The number of piperidine rings is 1. The largest absolute Gasteiger partial charge is 0.491 e. The Kier molecular flexibility index (Phi) is 6.35. The zero-order valence-electron chi connectivity index (χ0n) is 18.7. The highest BCUT2D eigenvalue weighted by atomic mass is 16.5. The summed E-state index contributed by atoms with van der Waals surface area (Å²) in [6.07, 6.45) is 2.38. The van der Waals surface area contributed by atoms with E-state index in [0.29, 0.717) is 31.5 Å². The molecule has 1 amide bonds. The van der Waals surface area contributed by atoms with Gasteiger partial charge in [0, 0.05) is 31.5 Å². The van der Waals surface area contributed by atoms with Gasteiger partial charge < -0.3 is 19.5 Å². The minimum atomic E-state index is -0.377.